The van der Waals surface area contributed by atoms with Crippen LogP contribution in [0.3, 0.4) is 0 Å². The average Bonchev–Trinajstić information content (AvgIpc) is 2.60. The minimum Gasteiger partial charge on any atom is -0.343 e. The van der Waals surface area contributed by atoms with E-state index in [2.05, 4.69) is 18.3 Å². The third-order valence-corrected chi connectivity index (χ3v) is 5.22. The molecular formula is C20H31N3O2. The molecule has 1 heterocycles. The van der Waals surface area contributed by atoms with Gasteiger partial charge in [0.2, 0.25) is 5.91 Å². The fourth-order valence-electron chi connectivity index (χ4n) is 3.45. The summed E-state index contributed by atoms with van der Waals surface area (Å²) in [5.74, 6) is 0.0881. The van der Waals surface area contributed by atoms with Gasteiger partial charge in [-0.3, -0.25) is 4.79 Å². The SMILES string of the molecule is CCN(CC)C(=O)C1CCCN(C(=O)Nc2cc(C)c(C)cc2C)C1. The maximum absolute atomic E-state index is 12.7. The van der Waals surface area contributed by atoms with Gasteiger partial charge in [0.25, 0.3) is 0 Å². The summed E-state index contributed by atoms with van der Waals surface area (Å²) in [5.41, 5.74) is 4.29. The number of benzene rings is 1. The molecular weight excluding hydrogens is 314 g/mol. The number of hydrogen-bond acceptors (Lipinski definition) is 2. The Labute approximate surface area is 151 Å². The molecule has 1 aromatic carbocycles. The van der Waals surface area contributed by atoms with Crippen molar-refractivity contribution in [1.82, 2.24) is 9.80 Å². The van der Waals surface area contributed by atoms with Crippen molar-refractivity contribution in [1.29, 1.82) is 0 Å². The molecule has 0 bridgehead atoms. The fraction of sp³-hybridized carbons (Fsp3) is 0.600. The molecule has 1 aliphatic heterocycles. The van der Waals surface area contributed by atoms with Crippen LogP contribution in [0, 0.1) is 26.7 Å². The summed E-state index contributed by atoms with van der Waals surface area (Å²) >= 11 is 0. The fourth-order valence-corrected chi connectivity index (χ4v) is 3.45. The number of carbonyl (C=O) groups excluding carboxylic acids is 2. The number of rotatable bonds is 4. The number of carbonyl (C=O) groups is 2. The van der Waals surface area contributed by atoms with E-state index in [-0.39, 0.29) is 17.9 Å². The van der Waals surface area contributed by atoms with Crippen molar-refractivity contribution in [3.05, 3.63) is 28.8 Å². The summed E-state index contributed by atoms with van der Waals surface area (Å²) in [7, 11) is 0. The summed E-state index contributed by atoms with van der Waals surface area (Å²) in [5, 5.41) is 3.03. The molecule has 5 heteroatoms. The van der Waals surface area contributed by atoms with Gasteiger partial charge in [-0.15, -0.1) is 0 Å². The van der Waals surface area contributed by atoms with Crippen LogP contribution >= 0.6 is 0 Å². The number of urea groups is 1. The zero-order chi connectivity index (χ0) is 18.6. The van der Waals surface area contributed by atoms with Gasteiger partial charge in [0.05, 0.1) is 5.92 Å². The third kappa shape index (κ3) is 4.53. The molecule has 0 spiro atoms. The number of anilines is 1. The number of hydrogen-bond donors (Lipinski definition) is 1. The van der Waals surface area contributed by atoms with Crippen LogP contribution in [0.5, 0.6) is 0 Å². The predicted octanol–water partition coefficient (Wildman–Crippen LogP) is 3.72. The molecule has 1 aliphatic rings. The molecule has 0 saturated carbocycles. The summed E-state index contributed by atoms with van der Waals surface area (Å²) in [6.07, 6.45) is 1.73. The molecule has 1 unspecified atom stereocenters. The van der Waals surface area contributed by atoms with E-state index >= 15 is 0 Å². The van der Waals surface area contributed by atoms with Gasteiger partial charge in [0.1, 0.15) is 0 Å². The van der Waals surface area contributed by atoms with E-state index in [0.717, 1.165) is 42.7 Å². The molecule has 0 radical (unpaired) electrons. The molecule has 138 valence electrons. The van der Waals surface area contributed by atoms with Gasteiger partial charge in [-0.1, -0.05) is 6.07 Å². The first-order valence-corrected chi connectivity index (χ1v) is 9.29. The number of aryl methyl sites for hydroxylation is 3. The highest BCUT2D eigenvalue weighted by Gasteiger charge is 2.30. The van der Waals surface area contributed by atoms with Gasteiger partial charge in [0, 0.05) is 31.9 Å². The normalized spacial score (nSPS) is 17.3. The van der Waals surface area contributed by atoms with Crippen LogP contribution < -0.4 is 5.32 Å². The first-order chi connectivity index (χ1) is 11.9. The molecule has 5 nitrogen and oxygen atoms in total. The molecule has 1 aromatic rings. The minimum absolute atomic E-state index is 0.0831. The molecule has 0 aliphatic carbocycles. The Morgan fingerprint density at radius 2 is 1.76 bits per heavy atom. The first kappa shape index (κ1) is 19.3. The minimum atomic E-state index is -0.108. The van der Waals surface area contributed by atoms with Crippen molar-refractivity contribution >= 4 is 17.6 Å². The quantitative estimate of drug-likeness (QED) is 0.904. The summed E-state index contributed by atoms with van der Waals surface area (Å²) in [6, 6.07) is 4.00. The Balaban J connectivity index is 2.05. The molecule has 3 amide bonds. The predicted molar refractivity (Wildman–Crippen MR) is 102 cm³/mol. The number of likely N-dealkylation sites (tertiary alicyclic amines) is 1. The second-order valence-corrected chi connectivity index (χ2v) is 6.98. The molecule has 1 N–H and O–H groups in total. The highest BCUT2D eigenvalue weighted by molar-refractivity contribution is 5.91. The van der Waals surface area contributed by atoms with E-state index in [1.807, 2.05) is 38.7 Å². The molecule has 25 heavy (non-hydrogen) atoms. The van der Waals surface area contributed by atoms with Crippen LogP contribution in [-0.4, -0.2) is 47.9 Å². The number of amides is 3. The van der Waals surface area contributed by atoms with E-state index in [0.29, 0.717) is 13.1 Å². The van der Waals surface area contributed by atoms with Crippen LogP contribution in [0.1, 0.15) is 43.4 Å². The topological polar surface area (TPSA) is 52.7 Å². The van der Waals surface area contributed by atoms with Gasteiger partial charge < -0.3 is 15.1 Å². The lowest BCUT2D eigenvalue weighted by Crippen LogP contribution is -2.48. The second kappa shape index (κ2) is 8.37. The monoisotopic (exact) mass is 345 g/mol. The molecule has 1 saturated heterocycles. The van der Waals surface area contributed by atoms with Gasteiger partial charge in [-0.05, 0) is 70.2 Å². The zero-order valence-corrected chi connectivity index (χ0v) is 16.2. The van der Waals surface area contributed by atoms with Gasteiger partial charge in [0.15, 0.2) is 0 Å². The Morgan fingerprint density at radius 1 is 1.12 bits per heavy atom. The van der Waals surface area contributed by atoms with E-state index in [1.54, 1.807) is 4.90 Å². The number of nitrogens with zero attached hydrogens (tertiary/aromatic N) is 2. The number of nitrogens with one attached hydrogen (secondary N) is 1. The van der Waals surface area contributed by atoms with Crippen LogP contribution in [0.15, 0.2) is 12.1 Å². The lowest BCUT2D eigenvalue weighted by atomic mass is 9.96. The van der Waals surface area contributed by atoms with Crippen LogP contribution in [0.25, 0.3) is 0 Å². The largest absolute Gasteiger partial charge is 0.343 e. The second-order valence-electron chi connectivity index (χ2n) is 6.98. The Hall–Kier alpha value is -2.04. The van der Waals surface area contributed by atoms with E-state index < -0.39 is 0 Å². The van der Waals surface area contributed by atoms with E-state index in [4.69, 9.17) is 0 Å². The maximum Gasteiger partial charge on any atom is 0.321 e. The Kier molecular flexibility index (Phi) is 6.45. The molecule has 0 aromatic heterocycles. The summed E-state index contributed by atoms with van der Waals surface area (Å²) < 4.78 is 0. The third-order valence-electron chi connectivity index (χ3n) is 5.22. The van der Waals surface area contributed by atoms with Gasteiger partial charge >= 0.3 is 6.03 Å². The van der Waals surface area contributed by atoms with Gasteiger partial charge in [-0.2, -0.15) is 0 Å². The van der Waals surface area contributed by atoms with Crippen molar-refractivity contribution in [3.8, 4) is 0 Å². The smallest absolute Gasteiger partial charge is 0.321 e. The zero-order valence-electron chi connectivity index (χ0n) is 16.2. The highest BCUT2D eigenvalue weighted by Crippen LogP contribution is 2.23. The van der Waals surface area contributed by atoms with Gasteiger partial charge in [-0.25, -0.2) is 4.79 Å². The van der Waals surface area contributed by atoms with Crippen LogP contribution in [0.2, 0.25) is 0 Å². The lowest BCUT2D eigenvalue weighted by molar-refractivity contribution is -0.136. The summed E-state index contributed by atoms with van der Waals surface area (Å²) in [6.45, 7) is 12.8. The molecule has 1 atom stereocenters. The molecule has 2 rings (SSSR count). The average molecular weight is 345 g/mol. The van der Waals surface area contributed by atoms with Crippen molar-refractivity contribution in [2.45, 2.75) is 47.5 Å². The van der Waals surface area contributed by atoms with E-state index in [9.17, 15) is 9.59 Å². The van der Waals surface area contributed by atoms with Crippen LogP contribution in [0.4, 0.5) is 10.5 Å². The lowest BCUT2D eigenvalue weighted by Gasteiger charge is -2.34. The van der Waals surface area contributed by atoms with Crippen LogP contribution in [-0.2, 0) is 4.79 Å². The van der Waals surface area contributed by atoms with Crippen molar-refractivity contribution < 1.29 is 9.59 Å². The van der Waals surface area contributed by atoms with Crippen molar-refractivity contribution in [2.75, 3.05) is 31.5 Å². The standard InChI is InChI=1S/C20H31N3O2/c1-6-22(7-2)19(24)17-9-8-10-23(13-17)20(25)21-18-12-15(4)14(3)11-16(18)5/h11-12,17H,6-10,13H2,1-5H3,(H,21,25). The molecule has 1 fully saturated rings. The highest BCUT2D eigenvalue weighted by atomic mass is 16.2. The van der Waals surface area contributed by atoms with E-state index in [1.165, 1.54) is 5.56 Å². The van der Waals surface area contributed by atoms with Crippen molar-refractivity contribution in [3.63, 3.8) is 0 Å². The Bertz CT molecular complexity index is 638. The van der Waals surface area contributed by atoms with Crippen molar-refractivity contribution in [2.24, 2.45) is 5.92 Å². The maximum atomic E-state index is 12.7. The number of piperidine rings is 1. The summed E-state index contributed by atoms with van der Waals surface area (Å²) in [4.78, 5) is 28.9. The first-order valence-electron chi connectivity index (χ1n) is 9.29. The Morgan fingerprint density at radius 3 is 2.40 bits per heavy atom.